The summed E-state index contributed by atoms with van der Waals surface area (Å²) in [5, 5.41) is 0. The summed E-state index contributed by atoms with van der Waals surface area (Å²) in [6, 6.07) is 7.00. The summed E-state index contributed by atoms with van der Waals surface area (Å²) in [4.78, 5) is 0.342. The van der Waals surface area contributed by atoms with Crippen molar-refractivity contribution in [2.24, 2.45) is 11.8 Å². The largest absolute Gasteiger partial charge is 0.207 e. The van der Waals surface area contributed by atoms with Gasteiger partial charge in [-0.15, -0.1) is 0 Å². The van der Waals surface area contributed by atoms with Gasteiger partial charge >= 0.3 is 0 Å². The van der Waals surface area contributed by atoms with Gasteiger partial charge in [-0.3, -0.25) is 0 Å². The van der Waals surface area contributed by atoms with Crippen LogP contribution in [-0.4, -0.2) is 4.83 Å². The number of alkyl halides is 1. The molecule has 2 unspecified atom stereocenters. The molecule has 0 N–H and O–H groups in total. The van der Waals surface area contributed by atoms with Crippen molar-refractivity contribution in [3.05, 3.63) is 35.6 Å². The molecule has 0 aliphatic heterocycles. The first-order valence-corrected chi connectivity index (χ1v) is 6.31. The fourth-order valence-corrected chi connectivity index (χ4v) is 2.44. The van der Waals surface area contributed by atoms with Gasteiger partial charge in [-0.2, -0.15) is 0 Å². The number of hydrogen-bond donors (Lipinski definition) is 0. The second-order valence-corrected chi connectivity index (χ2v) is 5.59. The molecule has 84 valence electrons. The normalized spacial score (nSPS) is 15.3. The van der Waals surface area contributed by atoms with E-state index in [4.69, 9.17) is 0 Å². The summed E-state index contributed by atoms with van der Waals surface area (Å²) in [7, 11) is 0. The Bertz CT molecular complexity index is 309. The lowest BCUT2D eigenvalue weighted by Crippen LogP contribution is -2.19. The molecule has 0 nitrogen and oxygen atoms in total. The first kappa shape index (κ1) is 12.7. The molecule has 1 aromatic rings. The molecule has 0 aliphatic rings. The second kappa shape index (κ2) is 5.64. The molecule has 0 radical (unpaired) electrons. The molecule has 1 aromatic carbocycles. The van der Waals surface area contributed by atoms with Crippen LogP contribution in [0, 0.1) is 17.7 Å². The monoisotopic (exact) mass is 272 g/mol. The first-order chi connectivity index (χ1) is 7.02. The highest BCUT2D eigenvalue weighted by Crippen LogP contribution is 2.25. The van der Waals surface area contributed by atoms with Crippen LogP contribution in [0.5, 0.6) is 0 Å². The lowest BCUT2D eigenvalue weighted by molar-refractivity contribution is 0.405. The van der Waals surface area contributed by atoms with Gasteiger partial charge in [-0.1, -0.05) is 54.9 Å². The van der Waals surface area contributed by atoms with Gasteiger partial charge in [-0.25, -0.2) is 4.39 Å². The van der Waals surface area contributed by atoms with E-state index in [2.05, 4.69) is 36.7 Å². The van der Waals surface area contributed by atoms with Crippen molar-refractivity contribution in [2.45, 2.75) is 32.0 Å². The highest BCUT2D eigenvalue weighted by atomic mass is 79.9. The van der Waals surface area contributed by atoms with Crippen LogP contribution in [0.1, 0.15) is 26.3 Å². The lowest BCUT2D eigenvalue weighted by Gasteiger charge is -2.22. The predicted octanol–water partition coefficient (Wildman–Crippen LogP) is 4.42. The van der Waals surface area contributed by atoms with Crippen LogP contribution >= 0.6 is 15.9 Å². The minimum atomic E-state index is -0.0992. The molecule has 15 heavy (non-hydrogen) atoms. The zero-order valence-electron chi connectivity index (χ0n) is 9.50. The third-order valence-corrected chi connectivity index (χ3v) is 4.15. The first-order valence-electron chi connectivity index (χ1n) is 5.40. The second-order valence-electron chi connectivity index (χ2n) is 4.41. The summed E-state index contributed by atoms with van der Waals surface area (Å²) < 4.78 is 13.4. The van der Waals surface area contributed by atoms with Crippen LogP contribution in [0.25, 0.3) is 0 Å². The Morgan fingerprint density at radius 1 is 1.20 bits per heavy atom. The number of halogens is 2. The average Bonchev–Trinajstić information content (AvgIpc) is 2.20. The standard InChI is InChI=1S/C13H18BrF/c1-9(2)10(3)12(14)8-11-6-4-5-7-13(11)15/h4-7,9-10,12H,8H2,1-3H3. The van der Waals surface area contributed by atoms with E-state index in [0.717, 1.165) is 12.0 Å². The Hall–Kier alpha value is -0.370. The summed E-state index contributed by atoms with van der Waals surface area (Å²) in [6.07, 6.45) is 0.756. The van der Waals surface area contributed by atoms with E-state index in [1.54, 1.807) is 6.07 Å². The molecule has 2 heteroatoms. The minimum Gasteiger partial charge on any atom is -0.207 e. The molecule has 0 saturated carbocycles. The summed E-state index contributed by atoms with van der Waals surface area (Å²) in [5.74, 6) is 1.06. The maximum atomic E-state index is 13.4. The van der Waals surface area contributed by atoms with E-state index in [9.17, 15) is 4.39 Å². The van der Waals surface area contributed by atoms with Crippen molar-refractivity contribution in [2.75, 3.05) is 0 Å². The van der Waals surface area contributed by atoms with Crippen LogP contribution in [0.3, 0.4) is 0 Å². The Labute approximate surface area is 100 Å². The van der Waals surface area contributed by atoms with Crippen molar-refractivity contribution in [1.82, 2.24) is 0 Å². The lowest BCUT2D eigenvalue weighted by atomic mass is 9.91. The van der Waals surface area contributed by atoms with Crippen molar-refractivity contribution < 1.29 is 4.39 Å². The molecule has 0 aromatic heterocycles. The van der Waals surface area contributed by atoms with E-state index in [1.807, 2.05) is 12.1 Å². The quantitative estimate of drug-likeness (QED) is 0.712. The van der Waals surface area contributed by atoms with Crippen LogP contribution in [0.15, 0.2) is 24.3 Å². The molecule has 0 aliphatic carbocycles. The third-order valence-electron chi connectivity index (χ3n) is 2.99. The smallest absolute Gasteiger partial charge is 0.126 e. The highest BCUT2D eigenvalue weighted by molar-refractivity contribution is 9.09. The Morgan fingerprint density at radius 3 is 2.33 bits per heavy atom. The van der Waals surface area contributed by atoms with Gasteiger partial charge in [0.25, 0.3) is 0 Å². The van der Waals surface area contributed by atoms with E-state index in [0.29, 0.717) is 16.7 Å². The third kappa shape index (κ3) is 3.60. The zero-order chi connectivity index (χ0) is 11.4. The van der Waals surface area contributed by atoms with E-state index in [-0.39, 0.29) is 5.82 Å². The topological polar surface area (TPSA) is 0 Å². The van der Waals surface area contributed by atoms with Crippen molar-refractivity contribution in [1.29, 1.82) is 0 Å². The minimum absolute atomic E-state index is 0.0992. The van der Waals surface area contributed by atoms with Gasteiger partial charge in [0.1, 0.15) is 5.82 Å². The molecule has 2 atom stereocenters. The van der Waals surface area contributed by atoms with Gasteiger partial charge in [0.2, 0.25) is 0 Å². The highest BCUT2D eigenvalue weighted by Gasteiger charge is 2.18. The molecule has 0 amide bonds. The molecule has 0 saturated heterocycles. The van der Waals surface area contributed by atoms with E-state index < -0.39 is 0 Å². The van der Waals surface area contributed by atoms with E-state index >= 15 is 0 Å². The predicted molar refractivity (Wildman–Crippen MR) is 66.8 cm³/mol. The van der Waals surface area contributed by atoms with Crippen LogP contribution in [0.4, 0.5) is 4.39 Å². The van der Waals surface area contributed by atoms with Gasteiger partial charge in [0.05, 0.1) is 0 Å². The fourth-order valence-electron chi connectivity index (χ4n) is 1.48. The molecule has 0 heterocycles. The number of rotatable bonds is 4. The fraction of sp³-hybridized carbons (Fsp3) is 0.538. The van der Waals surface area contributed by atoms with Crippen molar-refractivity contribution >= 4 is 15.9 Å². The Balaban J connectivity index is 2.66. The van der Waals surface area contributed by atoms with E-state index in [1.165, 1.54) is 6.07 Å². The number of benzene rings is 1. The molecule has 1 rings (SSSR count). The van der Waals surface area contributed by atoms with Crippen LogP contribution < -0.4 is 0 Å². The molecule has 0 fully saturated rings. The van der Waals surface area contributed by atoms with Crippen molar-refractivity contribution in [3.8, 4) is 0 Å². The Morgan fingerprint density at radius 2 is 1.80 bits per heavy atom. The number of hydrogen-bond acceptors (Lipinski definition) is 0. The van der Waals surface area contributed by atoms with Crippen LogP contribution in [-0.2, 0) is 6.42 Å². The maximum Gasteiger partial charge on any atom is 0.126 e. The van der Waals surface area contributed by atoms with Gasteiger partial charge in [-0.05, 0) is 29.9 Å². The maximum absolute atomic E-state index is 13.4. The molecule has 0 bridgehead atoms. The Kier molecular flexibility index (Phi) is 4.78. The van der Waals surface area contributed by atoms with Gasteiger partial charge in [0, 0.05) is 4.83 Å². The zero-order valence-corrected chi connectivity index (χ0v) is 11.1. The summed E-state index contributed by atoms with van der Waals surface area (Å²) in [5.41, 5.74) is 0.798. The molecular weight excluding hydrogens is 255 g/mol. The summed E-state index contributed by atoms with van der Waals surface area (Å²) in [6.45, 7) is 6.59. The SMILES string of the molecule is CC(C)C(C)C(Br)Cc1ccccc1F. The molecular formula is C13H18BrF. The summed E-state index contributed by atoms with van der Waals surface area (Å²) >= 11 is 3.65. The average molecular weight is 273 g/mol. The van der Waals surface area contributed by atoms with Crippen molar-refractivity contribution in [3.63, 3.8) is 0 Å². The molecule has 0 spiro atoms. The van der Waals surface area contributed by atoms with Gasteiger partial charge in [0.15, 0.2) is 0 Å². The van der Waals surface area contributed by atoms with Gasteiger partial charge < -0.3 is 0 Å². The van der Waals surface area contributed by atoms with Crippen LogP contribution in [0.2, 0.25) is 0 Å².